The Kier molecular flexibility index (Phi) is 4.13. The number of halogens is 2. The van der Waals surface area contributed by atoms with Gasteiger partial charge in [0.25, 0.3) is 0 Å². The van der Waals surface area contributed by atoms with E-state index in [1.807, 2.05) is 0 Å². The van der Waals surface area contributed by atoms with Crippen LogP contribution in [-0.4, -0.2) is 19.7 Å². The number of rotatable bonds is 3. The SMILES string of the molecule is CS(=O)(=O)c1cccnc1Cc1c(Cl)cccc1Cl. The van der Waals surface area contributed by atoms with E-state index < -0.39 is 9.84 Å². The number of nitrogens with zero attached hydrogens (tertiary/aromatic N) is 1. The van der Waals surface area contributed by atoms with Crippen molar-refractivity contribution in [3.8, 4) is 0 Å². The Morgan fingerprint density at radius 2 is 1.74 bits per heavy atom. The van der Waals surface area contributed by atoms with E-state index in [4.69, 9.17) is 23.2 Å². The van der Waals surface area contributed by atoms with Crippen LogP contribution in [0.1, 0.15) is 11.3 Å². The summed E-state index contributed by atoms with van der Waals surface area (Å²) in [6.07, 6.45) is 2.98. The van der Waals surface area contributed by atoms with E-state index in [2.05, 4.69) is 4.98 Å². The fraction of sp³-hybridized carbons (Fsp3) is 0.154. The molecule has 0 bridgehead atoms. The molecule has 0 atom stereocenters. The molecule has 0 aliphatic carbocycles. The van der Waals surface area contributed by atoms with Gasteiger partial charge in [-0.1, -0.05) is 29.3 Å². The minimum atomic E-state index is -3.33. The van der Waals surface area contributed by atoms with Gasteiger partial charge in [0.15, 0.2) is 9.84 Å². The number of pyridine rings is 1. The molecular weight excluding hydrogens is 305 g/mol. The lowest BCUT2D eigenvalue weighted by Gasteiger charge is -2.09. The van der Waals surface area contributed by atoms with Crippen LogP contribution >= 0.6 is 23.2 Å². The largest absolute Gasteiger partial charge is 0.260 e. The summed E-state index contributed by atoms with van der Waals surface area (Å²) in [5, 5.41) is 0.996. The fourth-order valence-corrected chi connectivity index (χ4v) is 3.17. The molecular formula is C13H11Cl2NO2S. The zero-order valence-corrected chi connectivity index (χ0v) is 12.4. The van der Waals surface area contributed by atoms with E-state index in [0.717, 1.165) is 6.26 Å². The average molecular weight is 316 g/mol. The molecule has 6 heteroatoms. The maximum Gasteiger partial charge on any atom is 0.177 e. The molecule has 0 aliphatic rings. The second-order valence-corrected chi connectivity index (χ2v) is 6.90. The summed E-state index contributed by atoms with van der Waals surface area (Å²) in [7, 11) is -3.33. The molecule has 1 aromatic heterocycles. The Bertz CT molecular complexity index is 694. The minimum absolute atomic E-state index is 0.200. The van der Waals surface area contributed by atoms with Crippen LogP contribution in [0.3, 0.4) is 0 Å². The summed E-state index contributed by atoms with van der Waals surface area (Å²) in [5.41, 5.74) is 1.12. The highest BCUT2D eigenvalue weighted by atomic mass is 35.5. The molecule has 0 radical (unpaired) electrons. The number of aromatic nitrogens is 1. The Morgan fingerprint density at radius 3 is 2.32 bits per heavy atom. The van der Waals surface area contributed by atoms with E-state index in [-0.39, 0.29) is 11.3 Å². The van der Waals surface area contributed by atoms with Crippen LogP contribution in [0.2, 0.25) is 10.0 Å². The highest BCUT2D eigenvalue weighted by Gasteiger charge is 2.16. The molecule has 0 fully saturated rings. The predicted molar refractivity (Wildman–Crippen MR) is 76.6 cm³/mol. The van der Waals surface area contributed by atoms with Gasteiger partial charge in [0, 0.05) is 28.9 Å². The van der Waals surface area contributed by atoms with Crippen molar-refractivity contribution in [3.05, 3.63) is 57.8 Å². The highest BCUT2D eigenvalue weighted by molar-refractivity contribution is 7.90. The molecule has 0 unspecified atom stereocenters. The third-order valence-corrected chi connectivity index (χ3v) is 4.53. The third-order valence-electron chi connectivity index (χ3n) is 2.65. The van der Waals surface area contributed by atoms with Crippen LogP contribution in [0.15, 0.2) is 41.4 Å². The van der Waals surface area contributed by atoms with E-state index in [1.165, 1.54) is 6.07 Å². The van der Waals surface area contributed by atoms with Crippen LogP contribution < -0.4 is 0 Å². The molecule has 0 aliphatic heterocycles. The van der Waals surface area contributed by atoms with Gasteiger partial charge in [-0.25, -0.2) is 8.42 Å². The molecule has 1 heterocycles. The van der Waals surface area contributed by atoms with Gasteiger partial charge in [0.2, 0.25) is 0 Å². The van der Waals surface area contributed by atoms with Gasteiger partial charge in [-0.3, -0.25) is 4.98 Å². The van der Waals surface area contributed by atoms with Gasteiger partial charge in [-0.05, 0) is 29.8 Å². The molecule has 0 spiro atoms. The van der Waals surface area contributed by atoms with Gasteiger partial charge in [-0.2, -0.15) is 0 Å². The third kappa shape index (κ3) is 3.26. The van der Waals surface area contributed by atoms with Crippen molar-refractivity contribution in [1.82, 2.24) is 4.98 Å². The van der Waals surface area contributed by atoms with Crippen molar-refractivity contribution >= 4 is 33.0 Å². The lowest BCUT2D eigenvalue weighted by atomic mass is 10.1. The van der Waals surface area contributed by atoms with E-state index in [9.17, 15) is 8.42 Å². The summed E-state index contributed by atoms with van der Waals surface area (Å²) in [6, 6.07) is 8.29. The van der Waals surface area contributed by atoms with Crippen molar-refractivity contribution in [1.29, 1.82) is 0 Å². The molecule has 2 aromatic rings. The first-order valence-electron chi connectivity index (χ1n) is 5.46. The number of benzene rings is 1. The van der Waals surface area contributed by atoms with E-state index in [0.29, 0.717) is 21.3 Å². The normalized spacial score (nSPS) is 11.5. The van der Waals surface area contributed by atoms with Crippen LogP contribution in [0.5, 0.6) is 0 Å². The number of sulfone groups is 1. The van der Waals surface area contributed by atoms with Gasteiger partial charge in [-0.15, -0.1) is 0 Å². The van der Waals surface area contributed by atoms with Crippen LogP contribution in [0.4, 0.5) is 0 Å². The highest BCUT2D eigenvalue weighted by Crippen LogP contribution is 2.28. The van der Waals surface area contributed by atoms with Crippen LogP contribution in [-0.2, 0) is 16.3 Å². The van der Waals surface area contributed by atoms with Crippen LogP contribution in [0.25, 0.3) is 0 Å². The summed E-state index contributed by atoms with van der Waals surface area (Å²) in [5.74, 6) is 0. The Labute approximate surface area is 122 Å². The van der Waals surface area contributed by atoms with E-state index in [1.54, 1.807) is 30.5 Å². The quantitative estimate of drug-likeness (QED) is 0.872. The molecule has 0 saturated carbocycles. The molecule has 0 amide bonds. The average Bonchev–Trinajstić information content (AvgIpc) is 2.33. The monoisotopic (exact) mass is 315 g/mol. The van der Waals surface area contributed by atoms with Crippen molar-refractivity contribution in [2.45, 2.75) is 11.3 Å². The molecule has 2 rings (SSSR count). The maximum absolute atomic E-state index is 11.7. The Balaban J connectivity index is 2.51. The van der Waals surface area contributed by atoms with Crippen molar-refractivity contribution < 1.29 is 8.42 Å². The molecule has 0 saturated heterocycles. The number of hydrogen-bond acceptors (Lipinski definition) is 3. The molecule has 100 valence electrons. The first-order chi connectivity index (χ1) is 8.89. The van der Waals surface area contributed by atoms with Crippen molar-refractivity contribution in [3.63, 3.8) is 0 Å². The fourth-order valence-electron chi connectivity index (χ4n) is 1.76. The molecule has 0 N–H and O–H groups in total. The van der Waals surface area contributed by atoms with Gasteiger partial charge in [0.1, 0.15) is 0 Å². The van der Waals surface area contributed by atoms with Crippen LogP contribution in [0, 0.1) is 0 Å². The molecule has 1 aromatic carbocycles. The topological polar surface area (TPSA) is 47.0 Å². The summed E-state index contributed by atoms with van der Waals surface area (Å²) in [4.78, 5) is 4.33. The molecule has 19 heavy (non-hydrogen) atoms. The van der Waals surface area contributed by atoms with Gasteiger partial charge >= 0.3 is 0 Å². The van der Waals surface area contributed by atoms with E-state index >= 15 is 0 Å². The molecule has 3 nitrogen and oxygen atoms in total. The second kappa shape index (κ2) is 5.49. The summed E-state index contributed by atoms with van der Waals surface area (Å²) >= 11 is 12.2. The Morgan fingerprint density at radius 1 is 1.11 bits per heavy atom. The zero-order chi connectivity index (χ0) is 14.0. The Hall–Kier alpha value is -1.10. The smallest absolute Gasteiger partial charge is 0.177 e. The summed E-state index contributed by atoms with van der Waals surface area (Å²) < 4.78 is 23.4. The maximum atomic E-state index is 11.7. The van der Waals surface area contributed by atoms with Crippen molar-refractivity contribution in [2.75, 3.05) is 6.26 Å². The minimum Gasteiger partial charge on any atom is -0.260 e. The first kappa shape index (κ1) is 14.3. The lowest BCUT2D eigenvalue weighted by molar-refractivity contribution is 0.600. The lowest BCUT2D eigenvalue weighted by Crippen LogP contribution is -2.05. The number of hydrogen-bond donors (Lipinski definition) is 0. The zero-order valence-electron chi connectivity index (χ0n) is 10.1. The predicted octanol–water partition coefficient (Wildman–Crippen LogP) is 3.38. The van der Waals surface area contributed by atoms with Gasteiger partial charge < -0.3 is 0 Å². The standard InChI is InChI=1S/C13H11Cl2NO2S/c1-19(17,18)13-6-3-7-16-12(13)8-9-10(14)4-2-5-11(9)15/h2-7H,8H2,1H3. The first-order valence-corrected chi connectivity index (χ1v) is 8.11. The van der Waals surface area contributed by atoms with Crippen molar-refractivity contribution in [2.24, 2.45) is 0 Å². The summed E-state index contributed by atoms with van der Waals surface area (Å²) in [6.45, 7) is 0. The van der Waals surface area contributed by atoms with Gasteiger partial charge in [0.05, 0.1) is 10.6 Å². The second-order valence-electron chi connectivity index (χ2n) is 4.10.